The minimum absolute atomic E-state index is 0.156. The van der Waals surface area contributed by atoms with Gasteiger partial charge >= 0.3 is 0 Å². The lowest BCUT2D eigenvalue weighted by Gasteiger charge is -2.23. The second-order valence-electron chi connectivity index (χ2n) is 8.18. The molecule has 33 heavy (non-hydrogen) atoms. The zero-order valence-corrected chi connectivity index (χ0v) is 18.6. The van der Waals surface area contributed by atoms with E-state index in [2.05, 4.69) is 33.6 Å². The highest BCUT2D eigenvalue weighted by molar-refractivity contribution is 5.95. The van der Waals surface area contributed by atoms with Crippen LogP contribution >= 0.6 is 0 Å². The van der Waals surface area contributed by atoms with Gasteiger partial charge in [0.15, 0.2) is 0 Å². The Bertz CT molecular complexity index is 1140. The molecule has 1 aliphatic heterocycles. The summed E-state index contributed by atoms with van der Waals surface area (Å²) in [6.45, 7) is 2.15. The lowest BCUT2D eigenvalue weighted by molar-refractivity contribution is -0.0855. The molecule has 5 rings (SSSR count). The van der Waals surface area contributed by atoms with Crippen LogP contribution in [-0.2, 0) is 33.7 Å². The average molecular weight is 450 g/mol. The van der Waals surface area contributed by atoms with Crippen molar-refractivity contribution in [3.63, 3.8) is 0 Å². The Hall–Kier alpha value is -3.14. The second kappa shape index (κ2) is 9.78. The third-order valence-corrected chi connectivity index (χ3v) is 5.98. The number of aryl methyl sites for hydroxylation is 2. The topological polar surface area (TPSA) is 100 Å². The minimum Gasteiger partial charge on any atom is -0.378 e. The Morgan fingerprint density at radius 1 is 1.21 bits per heavy atom. The molecule has 0 unspecified atom stereocenters. The van der Waals surface area contributed by atoms with Crippen LogP contribution in [-0.4, -0.2) is 65.2 Å². The number of aromatic nitrogens is 4. The van der Waals surface area contributed by atoms with Crippen molar-refractivity contribution in [2.24, 2.45) is 0 Å². The number of amides is 1. The van der Waals surface area contributed by atoms with Gasteiger partial charge in [0.05, 0.1) is 55.7 Å². The molecule has 1 aliphatic carbocycles. The maximum Gasteiger partial charge on any atom is 0.254 e. The molecule has 1 N–H and O–H groups in total. The Balaban J connectivity index is 1.45. The summed E-state index contributed by atoms with van der Waals surface area (Å²) in [5.41, 5.74) is 5.48. The van der Waals surface area contributed by atoms with E-state index in [9.17, 15) is 4.79 Å². The van der Waals surface area contributed by atoms with Crippen LogP contribution in [0.15, 0.2) is 36.7 Å². The number of nitrogens with zero attached hydrogens (tertiary/aromatic N) is 4. The summed E-state index contributed by atoms with van der Waals surface area (Å²) >= 11 is 0. The molecule has 1 atom stereocenters. The van der Waals surface area contributed by atoms with Crippen LogP contribution in [0.2, 0.25) is 0 Å². The summed E-state index contributed by atoms with van der Waals surface area (Å²) in [5.74, 6) is 0.170. The van der Waals surface area contributed by atoms with Crippen LogP contribution in [0.3, 0.4) is 0 Å². The number of hydrogen-bond acceptors (Lipinski definition) is 7. The van der Waals surface area contributed by atoms with Crippen LogP contribution in [0.4, 0.5) is 0 Å². The van der Waals surface area contributed by atoms with Crippen molar-refractivity contribution >= 4 is 5.91 Å². The van der Waals surface area contributed by atoms with E-state index in [0.29, 0.717) is 43.6 Å². The monoisotopic (exact) mass is 449 g/mol. The van der Waals surface area contributed by atoms with Gasteiger partial charge < -0.3 is 19.5 Å². The summed E-state index contributed by atoms with van der Waals surface area (Å²) in [6, 6.07) is 8.35. The molecular weight excluding hydrogens is 422 g/mol. The van der Waals surface area contributed by atoms with Gasteiger partial charge in [0.2, 0.25) is 0 Å². The molecule has 1 saturated heterocycles. The van der Waals surface area contributed by atoms with Gasteiger partial charge in [-0.1, -0.05) is 24.3 Å². The lowest BCUT2D eigenvalue weighted by atomic mass is 10.0. The number of nitrogens with one attached hydrogen (secondary N) is 1. The van der Waals surface area contributed by atoms with E-state index in [1.54, 1.807) is 11.8 Å². The largest absolute Gasteiger partial charge is 0.378 e. The summed E-state index contributed by atoms with van der Waals surface area (Å²) in [7, 11) is 1.58. The van der Waals surface area contributed by atoms with Crippen LogP contribution in [0.5, 0.6) is 0 Å². The summed E-state index contributed by atoms with van der Waals surface area (Å²) in [6.07, 6.45) is 6.25. The molecule has 3 aromatic rings. The van der Waals surface area contributed by atoms with Crippen LogP contribution in [0, 0.1) is 0 Å². The lowest BCUT2D eigenvalue weighted by Crippen LogP contribution is -2.39. The second-order valence-corrected chi connectivity index (χ2v) is 8.18. The zero-order chi connectivity index (χ0) is 22.6. The van der Waals surface area contributed by atoms with Crippen molar-refractivity contribution in [3.05, 3.63) is 59.0 Å². The smallest absolute Gasteiger partial charge is 0.254 e. The first kappa shape index (κ1) is 21.7. The molecule has 2 aliphatic rings. The Labute approximate surface area is 192 Å². The number of ether oxygens (including phenoxy) is 3. The molecule has 1 aromatic carbocycles. The quantitative estimate of drug-likeness (QED) is 0.615. The fraction of sp³-hybridized carbons (Fsp3) is 0.417. The van der Waals surface area contributed by atoms with E-state index < -0.39 is 0 Å². The van der Waals surface area contributed by atoms with Crippen LogP contribution < -0.4 is 5.32 Å². The third-order valence-electron chi connectivity index (χ3n) is 5.98. The van der Waals surface area contributed by atoms with Crippen molar-refractivity contribution in [1.82, 2.24) is 25.1 Å². The highest BCUT2D eigenvalue weighted by atomic mass is 16.6. The first-order valence-electron chi connectivity index (χ1n) is 11.2. The molecular formula is C24H27N5O4. The molecule has 3 heterocycles. The SMILES string of the molecule is COCc1c(C(=O)NC[C@H]2COCCO2)cnn1-c1ncc2c(n1)-c1ccccc1CCC2. The predicted octanol–water partition coefficient (Wildman–Crippen LogP) is 2.11. The van der Waals surface area contributed by atoms with E-state index in [1.165, 1.54) is 11.8 Å². The summed E-state index contributed by atoms with van der Waals surface area (Å²) < 4.78 is 18.0. The normalized spacial score (nSPS) is 17.7. The van der Waals surface area contributed by atoms with Crippen molar-refractivity contribution in [3.8, 4) is 17.2 Å². The fourth-order valence-corrected chi connectivity index (χ4v) is 4.32. The highest BCUT2D eigenvalue weighted by Crippen LogP contribution is 2.31. The molecule has 0 radical (unpaired) electrons. The predicted molar refractivity (Wildman–Crippen MR) is 120 cm³/mol. The van der Waals surface area contributed by atoms with Gasteiger partial charge in [0.25, 0.3) is 11.9 Å². The van der Waals surface area contributed by atoms with Crippen molar-refractivity contribution in [2.75, 3.05) is 33.5 Å². The van der Waals surface area contributed by atoms with Crippen molar-refractivity contribution in [1.29, 1.82) is 0 Å². The van der Waals surface area contributed by atoms with E-state index in [1.807, 2.05) is 12.3 Å². The molecule has 172 valence electrons. The van der Waals surface area contributed by atoms with E-state index in [0.717, 1.165) is 36.1 Å². The highest BCUT2D eigenvalue weighted by Gasteiger charge is 2.23. The molecule has 1 amide bonds. The maximum atomic E-state index is 12.9. The Morgan fingerprint density at radius 2 is 2.09 bits per heavy atom. The molecule has 0 bridgehead atoms. The number of benzene rings is 1. The minimum atomic E-state index is -0.248. The van der Waals surface area contributed by atoms with Gasteiger partial charge in [-0.3, -0.25) is 4.79 Å². The maximum absolute atomic E-state index is 12.9. The summed E-state index contributed by atoms with van der Waals surface area (Å²) in [5, 5.41) is 7.35. The summed E-state index contributed by atoms with van der Waals surface area (Å²) in [4.78, 5) is 22.4. The molecule has 9 nitrogen and oxygen atoms in total. The van der Waals surface area contributed by atoms with Gasteiger partial charge in [-0.05, 0) is 30.4 Å². The Morgan fingerprint density at radius 3 is 2.94 bits per heavy atom. The third kappa shape index (κ3) is 4.52. The number of hydrogen-bond donors (Lipinski definition) is 1. The molecule has 0 saturated carbocycles. The van der Waals surface area contributed by atoms with Gasteiger partial charge in [0.1, 0.15) is 0 Å². The first-order valence-corrected chi connectivity index (χ1v) is 11.2. The van der Waals surface area contributed by atoms with Gasteiger partial charge in [0, 0.05) is 25.4 Å². The number of fused-ring (bicyclic) bond motifs is 3. The van der Waals surface area contributed by atoms with Gasteiger partial charge in [-0.2, -0.15) is 9.78 Å². The number of carbonyl (C=O) groups is 1. The van der Waals surface area contributed by atoms with E-state index in [4.69, 9.17) is 19.2 Å². The fourth-order valence-electron chi connectivity index (χ4n) is 4.32. The zero-order valence-electron chi connectivity index (χ0n) is 18.6. The van der Waals surface area contributed by atoms with Crippen molar-refractivity contribution in [2.45, 2.75) is 32.0 Å². The first-order chi connectivity index (χ1) is 16.2. The number of methoxy groups -OCH3 is 1. The van der Waals surface area contributed by atoms with Gasteiger partial charge in [-0.25, -0.2) is 9.97 Å². The Kier molecular flexibility index (Phi) is 6.43. The van der Waals surface area contributed by atoms with Crippen molar-refractivity contribution < 1.29 is 19.0 Å². The molecule has 1 fully saturated rings. The number of rotatable bonds is 6. The van der Waals surface area contributed by atoms with Crippen LogP contribution in [0.25, 0.3) is 17.2 Å². The van der Waals surface area contributed by atoms with E-state index >= 15 is 0 Å². The number of carbonyl (C=O) groups excluding carboxylic acids is 1. The van der Waals surface area contributed by atoms with Crippen LogP contribution in [0.1, 0.15) is 33.6 Å². The standard InChI is InChI=1S/C24H27N5O4/c1-31-15-21-20(23(30)25-12-18-14-32-9-10-33-18)13-27-29(21)24-26-11-17-7-4-6-16-5-2-3-8-19(16)22(17)28-24/h2-3,5,8,11,13,18H,4,6-7,9-10,12,14-15H2,1H3,(H,25,30)/t18-/m0/s1. The average Bonchev–Trinajstić information content (AvgIpc) is 3.18. The molecule has 0 spiro atoms. The van der Waals surface area contributed by atoms with Gasteiger partial charge in [-0.15, -0.1) is 0 Å². The molecule has 2 aromatic heterocycles. The van der Waals surface area contributed by atoms with E-state index in [-0.39, 0.29) is 18.6 Å². The molecule has 9 heteroatoms.